The summed E-state index contributed by atoms with van der Waals surface area (Å²) in [6, 6.07) is 2.43. The number of halogens is 4. The van der Waals surface area contributed by atoms with Crippen molar-refractivity contribution in [3.8, 4) is 0 Å². The highest BCUT2D eigenvalue weighted by molar-refractivity contribution is 7.89. The zero-order valence-corrected chi connectivity index (χ0v) is 13.6. The summed E-state index contributed by atoms with van der Waals surface area (Å²) in [5.41, 5.74) is -1.24. The molecule has 2 atom stereocenters. The number of nitrogens with one attached hydrogen (secondary N) is 1. The molecule has 0 bridgehead atoms. The van der Waals surface area contributed by atoms with Crippen LogP contribution in [0.3, 0.4) is 0 Å². The van der Waals surface area contributed by atoms with Crippen molar-refractivity contribution in [2.75, 3.05) is 13.1 Å². The van der Waals surface area contributed by atoms with Gasteiger partial charge in [-0.1, -0.05) is 11.6 Å². The fourth-order valence-electron chi connectivity index (χ4n) is 2.56. The molecule has 1 aromatic carbocycles. The normalized spacial score (nSPS) is 24.5. The van der Waals surface area contributed by atoms with Crippen LogP contribution in [-0.4, -0.2) is 37.9 Å². The van der Waals surface area contributed by atoms with E-state index in [9.17, 15) is 21.6 Å². The standard InChI is InChI=1S/C13H16ClF3N2O2S/c1-8-6-19(7-9(2)18-8)22(20,21)12-4-3-10(14)5-11(12)13(15,16)17/h3-5,8-9,18H,6-7H2,1-2H3. The van der Waals surface area contributed by atoms with Crippen molar-refractivity contribution in [3.05, 3.63) is 28.8 Å². The van der Waals surface area contributed by atoms with Gasteiger partial charge in [-0.2, -0.15) is 17.5 Å². The Morgan fingerprint density at radius 3 is 2.27 bits per heavy atom. The van der Waals surface area contributed by atoms with Crippen LogP contribution in [-0.2, 0) is 16.2 Å². The molecule has 1 aliphatic rings. The molecular formula is C13H16ClF3N2O2S. The molecule has 1 aliphatic heterocycles. The summed E-state index contributed by atoms with van der Waals surface area (Å²) in [4.78, 5) is -0.759. The van der Waals surface area contributed by atoms with E-state index in [1.807, 2.05) is 0 Å². The monoisotopic (exact) mass is 356 g/mol. The van der Waals surface area contributed by atoms with Gasteiger partial charge in [-0.3, -0.25) is 0 Å². The fraction of sp³-hybridized carbons (Fsp3) is 0.538. The van der Waals surface area contributed by atoms with Gasteiger partial charge in [0.25, 0.3) is 0 Å². The van der Waals surface area contributed by atoms with Crippen molar-refractivity contribution in [2.45, 2.75) is 37.0 Å². The molecule has 0 amide bonds. The molecule has 124 valence electrons. The Labute approximate surface area is 132 Å². The van der Waals surface area contributed by atoms with Crippen LogP contribution in [0.4, 0.5) is 13.2 Å². The van der Waals surface area contributed by atoms with Gasteiger partial charge in [-0.25, -0.2) is 8.42 Å². The Bertz CT molecular complexity index is 654. The summed E-state index contributed by atoms with van der Waals surface area (Å²) in [6.45, 7) is 3.80. The number of piperazine rings is 1. The third-order valence-electron chi connectivity index (χ3n) is 3.39. The van der Waals surface area contributed by atoms with Gasteiger partial charge >= 0.3 is 6.18 Å². The molecule has 9 heteroatoms. The number of alkyl halides is 3. The molecule has 0 spiro atoms. The molecule has 22 heavy (non-hydrogen) atoms. The third-order valence-corrected chi connectivity index (χ3v) is 5.51. The zero-order chi connectivity index (χ0) is 16.7. The van der Waals surface area contributed by atoms with Crippen molar-refractivity contribution in [2.24, 2.45) is 0 Å². The van der Waals surface area contributed by atoms with Crippen LogP contribution < -0.4 is 5.32 Å². The Morgan fingerprint density at radius 2 is 1.77 bits per heavy atom. The third kappa shape index (κ3) is 3.56. The lowest BCUT2D eigenvalue weighted by Gasteiger charge is -2.35. The molecule has 0 aromatic heterocycles. The first-order chi connectivity index (χ1) is 10.0. The minimum atomic E-state index is -4.79. The summed E-state index contributed by atoms with van der Waals surface area (Å²) in [6.07, 6.45) is -4.79. The van der Waals surface area contributed by atoms with E-state index in [-0.39, 0.29) is 30.2 Å². The van der Waals surface area contributed by atoms with Crippen molar-refractivity contribution < 1.29 is 21.6 Å². The van der Waals surface area contributed by atoms with Crippen LogP contribution >= 0.6 is 11.6 Å². The maximum atomic E-state index is 13.1. The average Bonchev–Trinajstić information content (AvgIpc) is 2.36. The summed E-state index contributed by atoms with van der Waals surface area (Å²) in [7, 11) is -4.24. The highest BCUT2D eigenvalue weighted by atomic mass is 35.5. The molecule has 4 nitrogen and oxygen atoms in total. The minimum Gasteiger partial charge on any atom is -0.309 e. The Balaban J connectivity index is 2.50. The quantitative estimate of drug-likeness (QED) is 0.886. The lowest BCUT2D eigenvalue weighted by atomic mass is 10.2. The lowest BCUT2D eigenvalue weighted by molar-refractivity contribution is -0.139. The fourth-order valence-corrected chi connectivity index (χ4v) is 4.54. The number of sulfonamides is 1. The number of benzene rings is 1. The summed E-state index contributed by atoms with van der Waals surface area (Å²) in [5, 5.41) is 2.98. The second-order valence-corrected chi connectivity index (χ2v) is 7.77. The molecule has 1 fully saturated rings. The highest BCUT2D eigenvalue weighted by Crippen LogP contribution is 2.37. The first-order valence-corrected chi connectivity index (χ1v) is 8.46. The van der Waals surface area contributed by atoms with Crippen molar-refractivity contribution >= 4 is 21.6 Å². The van der Waals surface area contributed by atoms with Gasteiger partial charge in [0.05, 0.1) is 10.5 Å². The van der Waals surface area contributed by atoms with Gasteiger partial charge < -0.3 is 5.32 Å². The van der Waals surface area contributed by atoms with Crippen LogP contribution in [0.15, 0.2) is 23.1 Å². The number of hydrogen-bond acceptors (Lipinski definition) is 3. The van der Waals surface area contributed by atoms with Crippen LogP contribution in [0.1, 0.15) is 19.4 Å². The van der Waals surface area contributed by atoms with Crippen LogP contribution in [0.5, 0.6) is 0 Å². The van der Waals surface area contributed by atoms with E-state index in [4.69, 9.17) is 11.6 Å². The molecule has 1 N–H and O–H groups in total. The molecule has 0 saturated carbocycles. The first-order valence-electron chi connectivity index (χ1n) is 6.64. The number of hydrogen-bond donors (Lipinski definition) is 1. The second kappa shape index (κ2) is 5.99. The van der Waals surface area contributed by atoms with E-state index >= 15 is 0 Å². The van der Waals surface area contributed by atoms with E-state index in [0.29, 0.717) is 6.07 Å². The molecular weight excluding hydrogens is 341 g/mol. The van der Waals surface area contributed by atoms with Crippen molar-refractivity contribution in [1.82, 2.24) is 9.62 Å². The summed E-state index contributed by atoms with van der Waals surface area (Å²) >= 11 is 5.59. The van der Waals surface area contributed by atoms with Gasteiger partial charge in [0, 0.05) is 30.2 Å². The molecule has 1 heterocycles. The molecule has 2 unspecified atom stereocenters. The van der Waals surface area contributed by atoms with Crippen LogP contribution in [0.2, 0.25) is 5.02 Å². The SMILES string of the molecule is CC1CN(S(=O)(=O)c2ccc(Cl)cc2C(F)(F)F)CC(C)N1. The number of rotatable bonds is 2. The Hall–Kier alpha value is -0.830. The largest absolute Gasteiger partial charge is 0.417 e. The van der Waals surface area contributed by atoms with Gasteiger partial charge in [0.15, 0.2) is 0 Å². The molecule has 0 aliphatic carbocycles. The Kier molecular flexibility index (Phi) is 4.77. The van der Waals surface area contributed by atoms with E-state index in [0.717, 1.165) is 16.4 Å². The highest BCUT2D eigenvalue weighted by Gasteiger charge is 2.40. The first kappa shape index (κ1) is 17.5. The summed E-state index contributed by atoms with van der Waals surface area (Å²) in [5.74, 6) is 0. The van der Waals surface area contributed by atoms with Crippen molar-refractivity contribution in [1.29, 1.82) is 0 Å². The molecule has 1 saturated heterocycles. The topological polar surface area (TPSA) is 49.4 Å². The van der Waals surface area contributed by atoms with Gasteiger partial charge in [0.2, 0.25) is 10.0 Å². The van der Waals surface area contributed by atoms with Crippen LogP contribution in [0.25, 0.3) is 0 Å². The lowest BCUT2D eigenvalue weighted by Crippen LogP contribution is -2.55. The predicted molar refractivity (Wildman–Crippen MR) is 77.3 cm³/mol. The molecule has 0 radical (unpaired) electrons. The molecule has 1 aromatic rings. The van der Waals surface area contributed by atoms with E-state index in [2.05, 4.69) is 5.32 Å². The maximum absolute atomic E-state index is 13.1. The minimum absolute atomic E-state index is 0.118. The average molecular weight is 357 g/mol. The predicted octanol–water partition coefficient (Wildman–Crippen LogP) is 2.73. The number of nitrogens with zero attached hydrogens (tertiary/aromatic N) is 1. The Morgan fingerprint density at radius 1 is 1.23 bits per heavy atom. The van der Waals surface area contributed by atoms with E-state index in [1.54, 1.807) is 13.8 Å². The van der Waals surface area contributed by atoms with Crippen molar-refractivity contribution in [3.63, 3.8) is 0 Å². The summed E-state index contributed by atoms with van der Waals surface area (Å²) < 4.78 is 65.7. The van der Waals surface area contributed by atoms with E-state index in [1.165, 1.54) is 0 Å². The second-order valence-electron chi connectivity index (χ2n) is 5.43. The molecule has 2 rings (SSSR count). The zero-order valence-electron chi connectivity index (χ0n) is 12.0. The smallest absolute Gasteiger partial charge is 0.309 e. The maximum Gasteiger partial charge on any atom is 0.417 e. The van der Waals surface area contributed by atoms with E-state index < -0.39 is 26.7 Å². The van der Waals surface area contributed by atoms with Gasteiger partial charge in [-0.05, 0) is 32.0 Å². The van der Waals surface area contributed by atoms with Gasteiger partial charge in [-0.15, -0.1) is 0 Å². The van der Waals surface area contributed by atoms with Crippen LogP contribution in [0, 0.1) is 0 Å². The van der Waals surface area contributed by atoms with Gasteiger partial charge in [0.1, 0.15) is 0 Å².